The molecule has 2 saturated heterocycles. The zero-order chi connectivity index (χ0) is 12.8. The van der Waals surface area contributed by atoms with Crippen LogP contribution in [0.1, 0.15) is 19.3 Å². The number of carbonyl (C=O) groups excluding carboxylic acids is 1. The van der Waals surface area contributed by atoms with Crippen molar-refractivity contribution in [3.63, 3.8) is 0 Å². The summed E-state index contributed by atoms with van der Waals surface area (Å²) < 4.78 is 33.6. The first-order valence-corrected chi connectivity index (χ1v) is 6.41. The van der Waals surface area contributed by atoms with Gasteiger partial charge in [0.25, 0.3) is 0 Å². The van der Waals surface area contributed by atoms with Crippen molar-refractivity contribution < 1.29 is 23.0 Å². The molecule has 1 atom stereocenters. The molecule has 0 N–H and O–H groups in total. The molecule has 4 nitrogen and oxygen atoms in total. The number of nitrogens with zero attached hydrogens (tertiary/aromatic N) is 1. The predicted octanol–water partition coefficient (Wildman–Crippen LogP) is 1.25. The first kappa shape index (κ1) is 12.3. The number of likely N-dealkylation sites (tertiary alicyclic amines) is 1. The lowest BCUT2D eigenvalue weighted by Gasteiger charge is -2.39. The summed E-state index contributed by atoms with van der Waals surface area (Å²) >= 11 is 0. The highest BCUT2D eigenvalue weighted by Gasteiger charge is 2.59. The van der Waals surface area contributed by atoms with E-state index < -0.39 is 12.7 Å². The van der Waals surface area contributed by atoms with Crippen LogP contribution in [0.3, 0.4) is 0 Å². The summed E-state index contributed by atoms with van der Waals surface area (Å²) in [5.41, 5.74) is 0.157. The third-order valence-electron chi connectivity index (χ3n) is 4.43. The van der Waals surface area contributed by atoms with Gasteiger partial charge in [-0.15, -0.1) is 0 Å². The van der Waals surface area contributed by atoms with Crippen LogP contribution in [-0.4, -0.2) is 49.8 Å². The van der Waals surface area contributed by atoms with Gasteiger partial charge >= 0.3 is 6.61 Å². The number of hydrogen-bond acceptors (Lipinski definition) is 3. The normalized spacial score (nSPS) is 30.6. The average Bonchev–Trinajstić information content (AvgIpc) is 2.97. The van der Waals surface area contributed by atoms with Gasteiger partial charge in [-0.2, -0.15) is 8.78 Å². The molecule has 2 heterocycles. The number of hydrogen-bond donors (Lipinski definition) is 0. The van der Waals surface area contributed by atoms with Gasteiger partial charge in [-0.1, -0.05) is 0 Å². The summed E-state index contributed by atoms with van der Waals surface area (Å²) in [7, 11) is 0. The topological polar surface area (TPSA) is 38.8 Å². The molecule has 0 aromatic carbocycles. The zero-order valence-electron chi connectivity index (χ0n) is 10.1. The van der Waals surface area contributed by atoms with Crippen LogP contribution in [-0.2, 0) is 14.3 Å². The molecule has 3 fully saturated rings. The molecule has 0 radical (unpaired) electrons. The number of rotatable bonds is 3. The number of amides is 1. The van der Waals surface area contributed by atoms with Crippen LogP contribution in [0.15, 0.2) is 0 Å². The maximum absolute atomic E-state index is 12.1. The highest BCUT2D eigenvalue weighted by Crippen LogP contribution is 2.59. The standard InChI is InChI=1S/C12H17F2NO3/c13-11(14)18-8-6-15(7-8)10(16)9-5-12(9)1-3-17-4-2-12/h8-9,11H,1-7H2. The largest absolute Gasteiger partial charge is 0.381 e. The minimum atomic E-state index is -2.74. The van der Waals surface area contributed by atoms with Crippen LogP contribution < -0.4 is 0 Å². The van der Waals surface area contributed by atoms with Crippen molar-refractivity contribution in [2.24, 2.45) is 11.3 Å². The molecule has 1 saturated carbocycles. The molecule has 3 aliphatic rings. The summed E-state index contributed by atoms with van der Waals surface area (Å²) in [6.07, 6.45) is 2.35. The average molecular weight is 261 g/mol. The lowest BCUT2D eigenvalue weighted by Crippen LogP contribution is -2.56. The smallest absolute Gasteiger partial charge is 0.345 e. The molecule has 0 aromatic heterocycles. The van der Waals surface area contributed by atoms with E-state index in [0.29, 0.717) is 13.1 Å². The second-order valence-corrected chi connectivity index (χ2v) is 5.49. The Morgan fingerprint density at radius 1 is 1.33 bits per heavy atom. The van der Waals surface area contributed by atoms with Crippen LogP contribution in [0.4, 0.5) is 8.78 Å². The van der Waals surface area contributed by atoms with Gasteiger partial charge in [-0.05, 0) is 24.7 Å². The summed E-state index contributed by atoms with van der Waals surface area (Å²) in [6.45, 7) is -0.643. The van der Waals surface area contributed by atoms with Gasteiger partial charge in [0.05, 0.1) is 6.10 Å². The maximum atomic E-state index is 12.1. The molecule has 1 aliphatic carbocycles. The minimum absolute atomic E-state index is 0.0916. The molecular weight excluding hydrogens is 244 g/mol. The fourth-order valence-corrected chi connectivity index (χ4v) is 3.10. The molecule has 6 heteroatoms. The van der Waals surface area contributed by atoms with E-state index >= 15 is 0 Å². The number of alkyl halides is 2. The first-order chi connectivity index (χ1) is 8.61. The fraction of sp³-hybridized carbons (Fsp3) is 0.917. The molecule has 3 rings (SSSR count). The SMILES string of the molecule is O=C(C1CC12CCOCC2)N1CC(OC(F)F)C1. The summed E-state index contributed by atoms with van der Waals surface area (Å²) in [5.74, 6) is 0.208. The third-order valence-corrected chi connectivity index (χ3v) is 4.43. The lowest BCUT2D eigenvalue weighted by atomic mass is 9.93. The van der Waals surface area contributed by atoms with Crippen molar-refractivity contribution >= 4 is 5.91 Å². The van der Waals surface area contributed by atoms with Crippen LogP contribution in [0.5, 0.6) is 0 Å². The molecule has 0 bridgehead atoms. The van der Waals surface area contributed by atoms with E-state index in [2.05, 4.69) is 4.74 Å². The van der Waals surface area contributed by atoms with Crippen LogP contribution >= 0.6 is 0 Å². The van der Waals surface area contributed by atoms with Gasteiger partial charge in [-0.25, -0.2) is 0 Å². The maximum Gasteiger partial charge on any atom is 0.345 e. The van der Waals surface area contributed by atoms with Gasteiger partial charge in [0, 0.05) is 32.2 Å². The van der Waals surface area contributed by atoms with Crippen LogP contribution in [0.25, 0.3) is 0 Å². The van der Waals surface area contributed by atoms with E-state index in [0.717, 1.165) is 32.5 Å². The lowest BCUT2D eigenvalue weighted by molar-refractivity contribution is -0.199. The van der Waals surface area contributed by atoms with E-state index in [1.54, 1.807) is 4.90 Å². The summed E-state index contributed by atoms with van der Waals surface area (Å²) in [6, 6.07) is 0. The molecular formula is C12H17F2NO3. The van der Waals surface area contributed by atoms with E-state index in [4.69, 9.17) is 4.74 Å². The summed E-state index contributed by atoms with van der Waals surface area (Å²) in [5, 5.41) is 0. The van der Waals surface area contributed by atoms with Crippen LogP contribution in [0, 0.1) is 11.3 Å². The Kier molecular flexibility index (Phi) is 3.02. The van der Waals surface area contributed by atoms with Gasteiger partial charge < -0.3 is 14.4 Å². The molecule has 1 unspecified atom stereocenters. The van der Waals surface area contributed by atoms with Crippen molar-refractivity contribution in [1.29, 1.82) is 0 Å². The molecule has 2 aliphatic heterocycles. The van der Waals surface area contributed by atoms with Crippen molar-refractivity contribution in [2.75, 3.05) is 26.3 Å². The van der Waals surface area contributed by atoms with Crippen molar-refractivity contribution in [1.82, 2.24) is 4.90 Å². The fourth-order valence-electron chi connectivity index (χ4n) is 3.10. The van der Waals surface area contributed by atoms with Gasteiger partial charge in [0.15, 0.2) is 0 Å². The van der Waals surface area contributed by atoms with Crippen molar-refractivity contribution in [3.8, 4) is 0 Å². The van der Waals surface area contributed by atoms with Crippen LogP contribution in [0.2, 0.25) is 0 Å². The number of ether oxygens (including phenoxy) is 2. The Morgan fingerprint density at radius 3 is 2.61 bits per heavy atom. The first-order valence-electron chi connectivity index (χ1n) is 6.41. The Morgan fingerprint density at radius 2 is 2.00 bits per heavy atom. The molecule has 1 amide bonds. The predicted molar refractivity (Wildman–Crippen MR) is 58.1 cm³/mol. The molecule has 0 aromatic rings. The van der Waals surface area contributed by atoms with Gasteiger partial charge in [0.2, 0.25) is 5.91 Å². The van der Waals surface area contributed by atoms with E-state index in [-0.39, 0.29) is 17.2 Å². The molecule has 102 valence electrons. The van der Waals surface area contributed by atoms with E-state index in [1.165, 1.54) is 0 Å². The number of halogens is 2. The molecule has 18 heavy (non-hydrogen) atoms. The Balaban J connectivity index is 1.47. The number of carbonyl (C=O) groups is 1. The summed E-state index contributed by atoms with van der Waals surface area (Å²) in [4.78, 5) is 13.8. The monoisotopic (exact) mass is 261 g/mol. The van der Waals surface area contributed by atoms with E-state index in [9.17, 15) is 13.6 Å². The van der Waals surface area contributed by atoms with Crippen molar-refractivity contribution in [3.05, 3.63) is 0 Å². The Labute approximate surface area is 104 Å². The quantitative estimate of drug-likeness (QED) is 0.767. The highest BCUT2D eigenvalue weighted by molar-refractivity contribution is 5.83. The second-order valence-electron chi connectivity index (χ2n) is 5.49. The Hall–Kier alpha value is -0.750. The Bertz CT molecular complexity index is 338. The zero-order valence-corrected chi connectivity index (χ0v) is 10.1. The second kappa shape index (κ2) is 4.42. The van der Waals surface area contributed by atoms with Gasteiger partial charge in [-0.3, -0.25) is 4.79 Å². The minimum Gasteiger partial charge on any atom is -0.381 e. The molecule has 1 spiro atoms. The third kappa shape index (κ3) is 2.12. The van der Waals surface area contributed by atoms with Gasteiger partial charge in [0.1, 0.15) is 0 Å². The van der Waals surface area contributed by atoms with Crippen molar-refractivity contribution in [2.45, 2.75) is 32.0 Å². The highest BCUT2D eigenvalue weighted by atomic mass is 19.3. The van der Waals surface area contributed by atoms with E-state index in [1.807, 2.05) is 0 Å².